The summed E-state index contributed by atoms with van der Waals surface area (Å²) in [5, 5.41) is 13.9. The molecule has 1 heterocycles. The lowest BCUT2D eigenvalue weighted by atomic mass is 10.0. The molecule has 0 saturated heterocycles. The zero-order valence-electron chi connectivity index (χ0n) is 16.1. The number of nitro benzene ring substituents is 1. The predicted molar refractivity (Wildman–Crippen MR) is 106 cm³/mol. The molecule has 1 N–H and O–H groups in total. The highest BCUT2D eigenvalue weighted by atomic mass is 16.6. The van der Waals surface area contributed by atoms with Crippen LogP contribution in [0.4, 0.5) is 11.4 Å². The molecule has 0 fully saturated rings. The zero-order valence-corrected chi connectivity index (χ0v) is 16.1. The van der Waals surface area contributed by atoms with E-state index in [1.807, 2.05) is 26.8 Å². The van der Waals surface area contributed by atoms with Crippen LogP contribution >= 0.6 is 0 Å². The van der Waals surface area contributed by atoms with Crippen LogP contribution in [-0.2, 0) is 11.2 Å². The monoisotopic (exact) mass is 381 g/mol. The van der Waals surface area contributed by atoms with Crippen molar-refractivity contribution in [1.29, 1.82) is 0 Å². The van der Waals surface area contributed by atoms with Crippen molar-refractivity contribution in [3.8, 4) is 0 Å². The van der Waals surface area contributed by atoms with E-state index in [2.05, 4.69) is 5.32 Å². The molecule has 0 aromatic heterocycles. The molecule has 0 radical (unpaired) electrons. The van der Waals surface area contributed by atoms with Crippen LogP contribution in [0.5, 0.6) is 0 Å². The van der Waals surface area contributed by atoms with Crippen molar-refractivity contribution in [1.82, 2.24) is 5.32 Å². The minimum absolute atomic E-state index is 0.0525. The normalized spacial score (nSPS) is 13.9. The number of hydrogen-bond acceptors (Lipinski definition) is 4. The number of hydrogen-bond donors (Lipinski definition) is 1. The van der Waals surface area contributed by atoms with Gasteiger partial charge in [0, 0.05) is 24.2 Å². The number of carbonyl (C=O) groups is 2. The first-order valence-corrected chi connectivity index (χ1v) is 9.24. The molecule has 0 saturated carbocycles. The molecule has 0 spiro atoms. The van der Waals surface area contributed by atoms with Gasteiger partial charge in [-0.25, -0.2) is 0 Å². The molecule has 2 aromatic carbocycles. The lowest BCUT2D eigenvalue weighted by Crippen LogP contribution is -2.51. The third-order valence-corrected chi connectivity index (χ3v) is 4.94. The quantitative estimate of drug-likeness (QED) is 0.636. The van der Waals surface area contributed by atoms with Crippen LogP contribution in [0.3, 0.4) is 0 Å². The molecule has 7 heteroatoms. The van der Waals surface area contributed by atoms with Gasteiger partial charge in [-0.15, -0.1) is 0 Å². The van der Waals surface area contributed by atoms with Crippen molar-refractivity contribution in [2.45, 2.75) is 33.2 Å². The minimum atomic E-state index is -0.724. The fourth-order valence-corrected chi connectivity index (χ4v) is 3.40. The first-order chi connectivity index (χ1) is 13.3. The van der Waals surface area contributed by atoms with Gasteiger partial charge in [-0.1, -0.05) is 37.6 Å². The fraction of sp³-hybridized carbons (Fsp3) is 0.333. The number of nitrogens with one attached hydrogen (secondary N) is 1. The number of nitrogens with zero attached hydrogens (tertiary/aromatic N) is 2. The number of aryl methyl sites for hydroxylation is 1. The number of rotatable bonds is 5. The summed E-state index contributed by atoms with van der Waals surface area (Å²) < 4.78 is 0. The Morgan fingerprint density at radius 2 is 1.93 bits per heavy atom. The van der Waals surface area contributed by atoms with Gasteiger partial charge in [0.15, 0.2) is 0 Å². The Hall–Kier alpha value is -3.22. The van der Waals surface area contributed by atoms with Gasteiger partial charge in [0.25, 0.3) is 11.6 Å². The summed E-state index contributed by atoms with van der Waals surface area (Å²) in [6.07, 6.45) is 0.635. The molecule has 1 aliphatic heterocycles. The first kappa shape index (κ1) is 19.5. The molecular weight excluding hydrogens is 358 g/mol. The molecule has 2 aromatic rings. The van der Waals surface area contributed by atoms with E-state index >= 15 is 0 Å². The van der Waals surface area contributed by atoms with Gasteiger partial charge in [0.2, 0.25) is 5.91 Å². The van der Waals surface area contributed by atoms with Crippen molar-refractivity contribution in [2.75, 3.05) is 11.4 Å². The Bertz CT molecular complexity index is 939. The molecule has 146 valence electrons. The van der Waals surface area contributed by atoms with Gasteiger partial charge in [-0.05, 0) is 37.0 Å². The highest BCUT2D eigenvalue weighted by molar-refractivity contribution is 6.03. The predicted octanol–water partition coefficient (Wildman–Crippen LogP) is 3.25. The molecule has 7 nitrogen and oxygen atoms in total. The Labute approximate surface area is 163 Å². The van der Waals surface area contributed by atoms with E-state index in [1.54, 1.807) is 29.2 Å². The second-order valence-corrected chi connectivity index (χ2v) is 7.37. The Balaban J connectivity index is 1.84. The standard InChI is InChI=1S/C21H23N3O4/c1-13(2)19(22-20(25)16-6-4-5-14(3)11-16)21(26)23-10-9-15-7-8-17(24(27)28)12-18(15)23/h4-8,11-13,19H,9-10H2,1-3H3,(H,22,25)/t19-/m1/s1. The average molecular weight is 381 g/mol. The summed E-state index contributed by atoms with van der Waals surface area (Å²) in [7, 11) is 0. The van der Waals surface area contributed by atoms with Crippen molar-refractivity contribution in [3.05, 3.63) is 69.3 Å². The maximum absolute atomic E-state index is 13.2. The van der Waals surface area contributed by atoms with Crippen LogP contribution in [0.2, 0.25) is 0 Å². The van der Waals surface area contributed by atoms with Crippen molar-refractivity contribution in [2.24, 2.45) is 5.92 Å². The summed E-state index contributed by atoms with van der Waals surface area (Å²) in [6.45, 7) is 6.07. The number of nitro groups is 1. The summed E-state index contributed by atoms with van der Waals surface area (Å²) >= 11 is 0. The SMILES string of the molecule is Cc1cccc(C(=O)N[C@@H](C(=O)N2CCc3ccc([N+](=O)[O-])cc32)C(C)C)c1. The fourth-order valence-electron chi connectivity index (χ4n) is 3.40. The smallest absolute Gasteiger partial charge is 0.271 e. The minimum Gasteiger partial charge on any atom is -0.340 e. The van der Waals surface area contributed by atoms with Gasteiger partial charge in [0.05, 0.1) is 10.6 Å². The summed E-state index contributed by atoms with van der Waals surface area (Å²) in [6, 6.07) is 11.0. The number of fused-ring (bicyclic) bond motifs is 1. The molecule has 3 rings (SSSR count). The number of carbonyl (C=O) groups excluding carboxylic acids is 2. The van der Waals surface area contributed by atoms with Crippen molar-refractivity contribution >= 4 is 23.2 Å². The Morgan fingerprint density at radius 3 is 2.57 bits per heavy atom. The van der Waals surface area contributed by atoms with Crippen LogP contribution in [0.1, 0.15) is 35.3 Å². The van der Waals surface area contributed by atoms with Crippen LogP contribution in [0.25, 0.3) is 0 Å². The topological polar surface area (TPSA) is 92.6 Å². The first-order valence-electron chi connectivity index (χ1n) is 9.24. The Morgan fingerprint density at radius 1 is 1.18 bits per heavy atom. The summed E-state index contributed by atoms with van der Waals surface area (Å²) in [5.74, 6) is -0.700. The molecule has 0 bridgehead atoms. The molecule has 2 amide bonds. The van der Waals surface area contributed by atoms with Gasteiger partial charge in [-0.3, -0.25) is 19.7 Å². The Kier molecular flexibility index (Phi) is 5.44. The lowest BCUT2D eigenvalue weighted by molar-refractivity contribution is -0.384. The maximum atomic E-state index is 13.2. The second-order valence-electron chi connectivity index (χ2n) is 7.37. The number of benzene rings is 2. The van der Waals surface area contributed by atoms with E-state index in [1.165, 1.54) is 12.1 Å². The molecule has 0 unspecified atom stereocenters. The lowest BCUT2D eigenvalue weighted by Gasteiger charge is -2.27. The van der Waals surface area contributed by atoms with Gasteiger partial charge >= 0.3 is 0 Å². The van der Waals surface area contributed by atoms with Crippen LogP contribution in [-0.4, -0.2) is 29.3 Å². The van der Waals surface area contributed by atoms with Crippen LogP contribution < -0.4 is 10.2 Å². The van der Waals surface area contributed by atoms with Crippen LogP contribution in [0.15, 0.2) is 42.5 Å². The van der Waals surface area contributed by atoms with Gasteiger partial charge in [-0.2, -0.15) is 0 Å². The summed E-state index contributed by atoms with van der Waals surface area (Å²) in [4.78, 5) is 38.0. The highest BCUT2D eigenvalue weighted by Crippen LogP contribution is 2.32. The average Bonchev–Trinajstić information content (AvgIpc) is 3.08. The molecule has 1 atom stereocenters. The molecule has 0 aliphatic carbocycles. The second kappa shape index (κ2) is 7.80. The van der Waals surface area contributed by atoms with Crippen molar-refractivity contribution in [3.63, 3.8) is 0 Å². The zero-order chi connectivity index (χ0) is 20.4. The van der Waals surface area contributed by atoms with E-state index in [9.17, 15) is 19.7 Å². The van der Waals surface area contributed by atoms with Crippen LogP contribution in [0, 0.1) is 23.0 Å². The number of anilines is 1. The molecular formula is C21H23N3O4. The van der Waals surface area contributed by atoms with Crippen molar-refractivity contribution < 1.29 is 14.5 Å². The van der Waals surface area contributed by atoms with E-state index < -0.39 is 11.0 Å². The number of non-ortho nitro benzene ring substituents is 1. The van der Waals surface area contributed by atoms with E-state index in [0.29, 0.717) is 24.2 Å². The molecule has 28 heavy (non-hydrogen) atoms. The number of amides is 2. The summed E-state index contributed by atoms with van der Waals surface area (Å²) in [5.41, 5.74) is 2.85. The van der Waals surface area contributed by atoms with E-state index in [4.69, 9.17) is 0 Å². The third-order valence-electron chi connectivity index (χ3n) is 4.94. The van der Waals surface area contributed by atoms with E-state index in [-0.39, 0.29) is 23.4 Å². The van der Waals surface area contributed by atoms with Gasteiger partial charge < -0.3 is 10.2 Å². The highest BCUT2D eigenvalue weighted by Gasteiger charge is 2.34. The van der Waals surface area contributed by atoms with E-state index in [0.717, 1.165) is 11.1 Å². The largest absolute Gasteiger partial charge is 0.340 e. The maximum Gasteiger partial charge on any atom is 0.271 e. The molecule has 1 aliphatic rings. The van der Waals surface area contributed by atoms with Gasteiger partial charge in [0.1, 0.15) is 6.04 Å². The third kappa shape index (κ3) is 3.88.